The lowest BCUT2D eigenvalue weighted by molar-refractivity contribution is -0.359. The van der Waals surface area contributed by atoms with Crippen LogP contribution < -0.4 is 10.4 Å². The van der Waals surface area contributed by atoms with Gasteiger partial charge in [-0.05, 0) is 86.7 Å². The molecule has 1 aliphatic heterocycles. The van der Waals surface area contributed by atoms with Gasteiger partial charge in [-0.2, -0.15) is 0 Å². The second kappa shape index (κ2) is 10.8. The molecule has 1 N–H and O–H groups in total. The summed E-state index contributed by atoms with van der Waals surface area (Å²) in [7, 11) is -0.484. The summed E-state index contributed by atoms with van der Waals surface area (Å²) in [4.78, 5) is 13.8. The minimum atomic E-state index is -0.484. The van der Waals surface area contributed by atoms with Crippen molar-refractivity contribution in [3.63, 3.8) is 0 Å². The van der Waals surface area contributed by atoms with Gasteiger partial charge in [0.1, 0.15) is 11.2 Å². The molecule has 2 aromatic heterocycles. The highest BCUT2D eigenvalue weighted by molar-refractivity contribution is 6.62. The summed E-state index contributed by atoms with van der Waals surface area (Å²) in [6.07, 6.45) is 0. The fourth-order valence-electron chi connectivity index (χ4n) is 6.03. The maximum atomic E-state index is 6.39. The highest BCUT2D eigenvalue weighted by Crippen LogP contribution is 2.39. The Bertz CT molecular complexity index is 2210. The molecule has 0 radical (unpaired) electrons. The van der Waals surface area contributed by atoms with Crippen molar-refractivity contribution in [1.82, 2.24) is 9.97 Å². The molecule has 3 heterocycles. The molecular weight excluding hydrogens is 569 g/mol. The van der Waals surface area contributed by atoms with E-state index in [2.05, 4.69) is 105 Å². The standard InChI is InChI=1S/C39H32BN3O3/c1-38(2)39(3,4)46-40(45-38)29-21-22-32-31(24-29)34-30(19-12-20-33(34)44-32)37-42-35(26-15-9-6-10-16-26)41-36(43-37)28-18-11-17-27(23-28)25-13-7-5-8-14-25/h5-24H,1-4H3/p+1. The molecule has 6 nitrogen and oxygen atoms in total. The quantitative estimate of drug-likeness (QED) is 0.186. The van der Waals surface area contributed by atoms with E-state index in [0.29, 0.717) is 5.82 Å². The Hall–Kier alpha value is -5.11. The number of fused-ring (bicyclic) bond motifs is 3. The van der Waals surface area contributed by atoms with Gasteiger partial charge in [-0.1, -0.05) is 88.8 Å². The highest BCUT2D eigenvalue weighted by Gasteiger charge is 2.51. The zero-order valence-corrected chi connectivity index (χ0v) is 26.2. The third kappa shape index (κ3) is 4.89. The minimum absolute atomic E-state index is 0.438. The number of rotatable bonds is 5. The largest absolute Gasteiger partial charge is 0.494 e. The molecule has 0 atom stereocenters. The van der Waals surface area contributed by atoms with Crippen LogP contribution in [0.25, 0.3) is 67.2 Å². The van der Waals surface area contributed by atoms with E-state index >= 15 is 0 Å². The molecule has 7 aromatic rings. The third-order valence-electron chi connectivity index (χ3n) is 9.25. The van der Waals surface area contributed by atoms with Crippen LogP contribution in [0.5, 0.6) is 0 Å². The molecule has 0 aliphatic carbocycles. The molecule has 7 heteroatoms. The van der Waals surface area contributed by atoms with Crippen molar-refractivity contribution in [1.29, 1.82) is 0 Å². The predicted octanol–water partition coefficient (Wildman–Crippen LogP) is 8.16. The Morgan fingerprint density at radius 1 is 0.565 bits per heavy atom. The molecule has 1 aliphatic rings. The third-order valence-corrected chi connectivity index (χ3v) is 9.25. The maximum Gasteiger partial charge on any atom is 0.494 e. The van der Waals surface area contributed by atoms with Crippen LogP contribution in [0.4, 0.5) is 0 Å². The van der Waals surface area contributed by atoms with Crippen molar-refractivity contribution < 1.29 is 18.7 Å². The monoisotopic (exact) mass is 602 g/mol. The highest BCUT2D eigenvalue weighted by atomic mass is 16.7. The van der Waals surface area contributed by atoms with Crippen molar-refractivity contribution in [2.24, 2.45) is 0 Å². The average Bonchev–Trinajstić information content (AvgIpc) is 3.57. The van der Waals surface area contributed by atoms with E-state index in [1.807, 2.05) is 48.5 Å². The first-order valence-corrected chi connectivity index (χ1v) is 15.6. The first-order chi connectivity index (χ1) is 22.3. The molecular formula is C39H33BN3O3+. The van der Waals surface area contributed by atoms with Gasteiger partial charge < -0.3 is 13.7 Å². The first kappa shape index (κ1) is 28.4. The molecule has 0 spiro atoms. The normalized spacial score (nSPS) is 15.5. The Kier molecular flexibility index (Phi) is 6.64. The fourth-order valence-corrected chi connectivity index (χ4v) is 6.03. The molecule has 0 bridgehead atoms. The van der Waals surface area contributed by atoms with Gasteiger partial charge >= 0.3 is 12.9 Å². The first-order valence-electron chi connectivity index (χ1n) is 15.6. The van der Waals surface area contributed by atoms with Crippen molar-refractivity contribution in [2.75, 3.05) is 0 Å². The lowest BCUT2D eigenvalue weighted by Crippen LogP contribution is -2.41. The molecule has 0 amide bonds. The molecule has 224 valence electrons. The van der Waals surface area contributed by atoms with Crippen LogP contribution in [-0.2, 0) is 9.31 Å². The van der Waals surface area contributed by atoms with E-state index in [4.69, 9.17) is 23.7 Å². The van der Waals surface area contributed by atoms with Gasteiger partial charge in [-0.25, -0.2) is 4.98 Å². The topological polar surface area (TPSA) is 71.5 Å². The van der Waals surface area contributed by atoms with E-state index in [1.165, 1.54) is 0 Å². The van der Waals surface area contributed by atoms with Gasteiger partial charge in [0.05, 0.1) is 27.9 Å². The second-order valence-electron chi connectivity index (χ2n) is 12.8. The average molecular weight is 603 g/mol. The van der Waals surface area contributed by atoms with E-state index < -0.39 is 18.3 Å². The predicted molar refractivity (Wildman–Crippen MR) is 183 cm³/mol. The Morgan fingerprint density at radius 2 is 1.17 bits per heavy atom. The maximum absolute atomic E-state index is 6.39. The van der Waals surface area contributed by atoms with Gasteiger partial charge in [-0.15, -0.1) is 0 Å². The van der Waals surface area contributed by atoms with Crippen molar-refractivity contribution in [3.8, 4) is 45.3 Å². The van der Waals surface area contributed by atoms with Crippen molar-refractivity contribution >= 4 is 34.5 Å². The Labute approximate surface area is 268 Å². The molecule has 5 aromatic carbocycles. The number of aromatic amines is 1. The smallest absolute Gasteiger partial charge is 0.456 e. The van der Waals surface area contributed by atoms with E-state index in [0.717, 1.165) is 66.9 Å². The summed E-state index contributed by atoms with van der Waals surface area (Å²) < 4.78 is 19.1. The molecule has 8 rings (SSSR count). The van der Waals surface area contributed by atoms with E-state index in [9.17, 15) is 0 Å². The lowest BCUT2D eigenvalue weighted by atomic mass is 9.78. The van der Waals surface area contributed by atoms with Crippen LogP contribution in [0.1, 0.15) is 27.7 Å². The number of benzene rings is 5. The van der Waals surface area contributed by atoms with Crippen LogP contribution in [0.15, 0.2) is 126 Å². The summed E-state index contributed by atoms with van der Waals surface area (Å²) >= 11 is 0. The Morgan fingerprint density at radius 3 is 1.89 bits per heavy atom. The number of nitrogens with one attached hydrogen (secondary N) is 1. The summed E-state index contributed by atoms with van der Waals surface area (Å²) in [5.74, 6) is 2.06. The van der Waals surface area contributed by atoms with Gasteiger partial charge in [0, 0.05) is 10.8 Å². The van der Waals surface area contributed by atoms with Crippen LogP contribution in [0.3, 0.4) is 0 Å². The Balaban J connectivity index is 1.31. The molecule has 46 heavy (non-hydrogen) atoms. The summed E-state index contributed by atoms with van der Waals surface area (Å²) in [6.45, 7) is 8.27. The fraction of sp³-hybridized carbons (Fsp3) is 0.154. The van der Waals surface area contributed by atoms with Crippen molar-refractivity contribution in [2.45, 2.75) is 38.9 Å². The zero-order valence-electron chi connectivity index (χ0n) is 26.2. The zero-order chi connectivity index (χ0) is 31.5. The summed E-state index contributed by atoms with van der Waals surface area (Å²) in [6, 6.07) is 41.1. The molecule has 0 saturated carbocycles. The van der Waals surface area contributed by atoms with Crippen LogP contribution in [-0.4, -0.2) is 28.3 Å². The molecule has 0 unspecified atom stereocenters. The SMILES string of the molecule is CC1(C)OB(c2ccc3oc4cccc(-c5nc(-c6ccccc6)[nH+]c(-c6cccc(-c7ccccc7)c6)n5)c4c3c2)OC1(C)C. The second-order valence-corrected chi connectivity index (χ2v) is 12.8. The number of hydrogen-bond acceptors (Lipinski definition) is 5. The molecule has 1 fully saturated rings. The molecule has 1 saturated heterocycles. The number of H-pyrrole nitrogens is 1. The minimum Gasteiger partial charge on any atom is -0.456 e. The number of furan rings is 1. The van der Waals surface area contributed by atoms with Gasteiger partial charge in [0.15, 0.2) is 0 Å². The number of aromatic nitrogens is 3. The van der Waals surface area contributed by atoms with E-state index in [1.54, 1.807) is 0 Å². The van der Waals surface area contributed by atoms with Gasteiger partial charge in [0.2, 0.25) is 0 Å². The van der Waals surface area contributed by atoms with E-state index in [-0.39, 0.29) is 0 Å². The van der Waals surface area contributed by atoms with Crippen LogP contribution in [0, 0.1) is 0 Å². The van der Waals surface area contributed by atoms with Gasteiger partial charge in [-0.3, -0.25) is 0 Å². The van der Waals surface area contributed by atoms with Crippen LogP contribution in [0.2, 0.25) is 0 Å². The number of nitrogens with zero attached hydrogens (tertiary/aromatic N) is 2. The summed E-state index contributed by atoms with van der Waals surface area (Å²) in [5, 5.41) is 1.91. The summed E-state index contributed by atoms with van der Waals surface area (Å²) in [5.41, 5.74) is 6.70. The van der Waals surface area contributed by atoms with Gasteiger partial charge in [0.25, 0.3) is 11.6 Å². The van der Waals surface area contributed by atoms with Crippen LogP contribution >= 0.6 is 0 Å². The lowest BCUT2D eigenvalue weighted by Gasteiger charge is -2.32. The van der Waals surface area contributed by atoms with Crippen molar-refractivity contribution in [3.05, 3.63) is 121 Å². The number of hydrogen-bond donors (Lipinski definition) is 0.